The molecular weight excluding hydrogens is 1130 g/mol. The largest absolute Gasteiger partial charge is 0.501 e. The molecule has 1 aromatic heterocycles. The number of thioether (sulfide) groups is 1. The van der Waals surface area contributed by atoms with E-state index < -0.39 is 76.3 Å². The van der Waals surface area contributed by atoms with Crippen molar-refractivity contribution in [2.45, 2.75) is 91.1 Å². The number of nitrogens with zero attached hydrogens (tertiary/aromatic N) is 5. The van der Waals surface area contributed by atoms with Crippen molar-refractivity contribution in [3.63, 3.8) is 0 Å². The highest BCUT2D eigenvalue weighted by atomic mass is 35.5. The summed E-state index contributed by atoms with van der Waals surface area (Å²) in [5, 5.41) is 5.95. The molecule has 4 aromatic carbocycles. The van der Waals surface area contributed by atoms with E-state index in [4.69, 9.17) is 11.6 Å². The second kappa shape index (κ2) is 25.3. The van der Waals surface area contributed by atoms with Gasteiger partial charge in [-0.15, -0.1) is 11.8 Å². The number of piperazine rings is 2. The quantitative estimate of drug-likeness (QED) is 0.0404. The van der Waals surface area contributed by atoms with Gasteiger partial charge in [0.15, 0.2) is 0 Å². The first-order valence-electron chi connectivity index (χ1n) is 26.9. The Labute approximate surface area is 479 Å². The first kappa shape index (κ1) is 59.7. The average molecular weight is 1190 g/mol. The van der Waals surface area contributed by atoms with Crippen molar-refractivity contribution >= 4 is 77.9 Å². The molecular formula is C58H65ClF4N8O7S3. The molecule has 4 heterocycles. The maximum Gasteiger partial charge on any atom is 0.501 e. The highest BCUT2D eigenvalue weighted by Crippen LogP contribution is 2.43. The SMILES string of the molecule is CC1(C)CCC(c2ccc(Cl)cc2)=C(CN2CCN(c3ccc(C(=O)NS(=O)(=O)c4ccc(N[C@H](CCN5CCN(Cc6cc(F)c(C7CCC(=O)NC7=O)cn6)CC5)CSc5ccccc5)c(S(=O)(=O)C(F)(F)F)c4)cc3)CC2)C1. The van der Waals surface area contributed by atoms with E-state index in [9.17, 15) is 44.4 Å². The maximum atomic E-state index is 15.2. The predicted octanol–water partition coefficient (Wildman–Crippen LogP) is 9.37. The Kier molecular flexibility index (Phi) is 18.7. The summed E-state index contributed by atoms with van der Waals surface area (Å²) in [5.74, 6) is -3.10. The summed E-state index contributed by atoms with van der Waals surface area (Å²) in [7, 11) is -11.1. The number of aromatic nitrogens is 1. The standard InChI is InChI=1S/C58H65ClF4N8O7S3/c1-57(2)22-20-48(39-8-12-42(59)13-9-39)41(34-57)36-69-28-30-71(31-29-69)45-14-10-40(11-15-45)55(73)67-81(77,78)47-16-18-52(53(33-47)80(75,76)58(61,62)63)65-43(38-79-46-6-4-3-5-7-46)21-23-68-24-26-70(27-25-68)37-44-32-51(60)50(35-64-44)49-17-19-54(72)66-56(49)74/h3-16,18,32-33,35,43,49,65H,17,19-31,34,36-38H2,1-2H3,(H,67,73)(H,66,72,74)/t43-,49?/m1/s1. The van der Waals surface area contributed by atoms with Crippen LogP contribution in [-0.4, -0.2) is 137 Å². The van der Waals surface area contributed by atoms with E-state index in [1.807, 2.05) is 47.2 Å². The molecule has 1 unspecified atom stereocenters. The maximum absolute atomic E-state index is 15.2. The lowest BCUT2D eigenvalue weighted by Crippen LogP contribution is -2.47. The number of carbonyl (C=O) groups excluding carboxylic acids is 3. The van der Waals surface area contributed by atoms with Crippen molar-refractivity contribution in [2.24, 2.45) is 5.41 Å². The van der Waals surface area contributed by atoms with Gasteiger partial charge in [0.05, 0.1) is 22.2 Å². The van der Waals surface area contributed by atoms with Gasteiger partial charge < -0.3 is 15.1 Å². The Morgan fingerprint density at radius 1 is 0.840 bits per heavy atom. The number of benzene rings is 4. The fourth-order valence-electron chi connectivity index (χ4n) is 10.9. The number of carbonyl (C=O) groups is 3. The highest BCUT2D eigenvalue weighted by Gasteiger charge is 2.48. The molecule has 0 spiro atoms. The van der Waals surface area contributed by atoms with Gasteiger partial charge in [-0.05, 0) is 121 Å². The van der Waals surface area contributed by atoms with Gasteiger partial charge in [0, 0.05) is 123 Å². The van der Waals surface area contributed by atoms with E-state index >= 15 is 4.39 Å². The first-order chi connectivity index (χ1) is 38.5. The number of anilines is 2. The van der Waals surface area contributed by atoms with E-state index in [2.05, 4.69) is 61.2 Å². The predicted molar refractivity (Wildman–Crippen MR) is 306 cm³/mol. The Bertz CT molecular complexity index is 3360. The Morgan fingerprint density at radius 3 is 2.17 bits per heavy atom. The van der Waals surface area contributed by atoms with Crippen molar-refractivity contribution in [3.05, 3.63) is 148 Å². The molecule has 81 heavy (non-hydrogen) atoms. The number of imide groups is 1. The molecule has 4 aliphatic rings. The zero-order valence-corrected chi connectivity index (χ0v) is 48.2. The van der Waals surface area contributed by atoms with Crippen LogP contribution in [0.3, 0.4) is 0 Å². The van der Waals surface area contributed by atoms with Crippen LogP contribution in [0, 0.1) is 11.2 Å². The number of sulfone groups is 1. The van der Waals surface area contributed by atoms with Crippen molar-refractivity contribution in [3.8, 4) is 0 Å². The third-order valence-corrected chi connectivity index (χ3v) is 19.8. The Hall–Kier alpha value is -5.88. The molecule has 2 atom stereocenters. The molecule has 23 heteroatoms. The van der Waals surface area contributed by atoms with Crippen molar-refractivity contribution < 1.29 is 48.8 Å². The lowest BCUT2D eigenvalue weighted by molar-refractivity contribution is -0.134. The van der Waals surface area contributed by atoms with Gasteiger partial charge in [-0.25, -0.2) is 25.9 Å². The number of pyridine rings is 1. The van der Waals surface area contributed by atoms with Gasteiger partial charge in [0.1, 0.15) is 10.7 Å². The first-order valence-corrected chi connectivity index (χ1v) is 31.3. The van der Waals surface area contributed by atoms with Gasteiger partial charge in [-0.1, -0.05) is 61.4 Å². The number of halogens is 5. The molecule has 3 fully saturated rings. The number of sulfonamides is 1. The zero-order valence-electron chi connectivity index (χ0n) is 45.0. The van der Waals surface area contributed by atoms with Crippen molar-refractivity contribution in [1.82, 2.24) is 29.7 Å². The Morgan fingerprint density at radius 2 is 1.51 bits per heavy atom. The lowest BCUT2D eigenvalue weighted by atomic mass is 9.73. The summed E-state index contributed by atoms with van der Waals surface area (Å²) in [4.78, 5) is 49.4. The second-order valence-corrected chi connectivity index (χ2v) is 27.0. The minimum atomic E-state index is -6.15. The minimum Gasteiger partial charge on any atom is -0.380 e. The third-order valence-electron chi connectivity index (χ3n) is 15.5. The van der Waals surface area contributed by atoms with Crippen LogP contribution in [0.1, 0.15) is 85.5 Å². The van der Waals surface area contributed by atoms with Crippen LogP contribution in [0.5, 0.6) is 0 Å². The molecule has 9 rings (SSSR count). The Balaban J connectivity index is 0.829. The monoisotopic (exact) mass is 1190 g/mol. The number of alkyl halides is 3. The van der Waals surface area contributed by atoms with Crippen LogP contribution in [0.25, 0.3) is 5.57 Å². The molecule has 3 aliphatic heterocycles. The molecule has 3 saturated heterocycles. The summed E-state index contributed by atoms with van der Waals surface area (Å²) in [6.07, 6.45) is 5.09. The van der Waals surface area contributed by atoms with Gasteiger partial charge in [0.25, 0.3) is 25.8 Å². The van der Waals surface area contributed by atoms with Crippen LogP contribution in [0.15, 0.2) is 130 Å². The summed E-state index contributed by atoms with van der Waals surface area (Å²) in [6.45, 7) is 11.6. The fraction of sp³-hybridized carbons (Fsp3) is 0.414. The molecule has 0 radical (unpaired) electrons. The van der Waals surface area contributed by atoms with E-state index in [1.165, 1.54) is 52.9 Å². The molecule has 5 aromatic rings. The van der Waals surface area contributed by atoms with Gasteiger partial charge in [-0.2, -0.15) is 13.2 Å². The van der Waals surface area contributed by atoms with E-state index in [0.717, 1.165) is 61.6 Å². The fourth-order valence-corrected chi connectivity index (χ4v) is 14.0. The molecule has 432 valence electrons. The normalized spacial score (nSPS) is 19.3. The lowest BCUT2D eigenvalue weighted by Gasteiger charge is -2.39. The van der Waals surface area contributed by atoms with Crippen LogP contribution in [-0.2, 0) is 36.0 Å². The molecule has 0 bridgehead atoms. The van der Waals surface area contributed by atoms with Crippen molar-refractivity contribution in [2.75, 3.05) is 81.4 Å². The molecule has 3 N–H and O–H groups in total. The number of nitrogens with one attached hydrogen (secondary N) is 3. The third kappa shape index (κ3) is 15.0. The number of hydrogen-bond donors (Lipinski definition) is 3. The number of rotatable bonds is 19. The van der Waals surface area contributed by atoms with E-state index in [-0.39, 0.29) is 35.1 Å². The van der Waals surface area contributed by atoms with Gasteiger partial charge in [0.2, 0.25) is 11.8 Å². The number of allylic oxidation sites excluding steroid dienone is 1. The highest BCUT2D eigenvalue weighted by molar-refractivity contribution is 7.99. The topological polar surface area (TPSA) is 181 Å². The molecule has 0 saturated carbocycles. The van der Waals surface area contributed by atoms with Crippen LogP contribution in [0.2, 0.25) is 5.02 Å². The van der Waals surface area contributed by atoms with E-state index in [1.54, 1.807) is 12.1 Å². The van der Waals surface area contributed by atoms with Crippen LogP contribution in [0.4, 0.5) is 28.9 Å². The van der Waals surface area contributed by atoms with Crippen LogP contribution < -0.4 is 20.3 Å². The second-order valence-electron chi connectivity index (χ2n) is 21.9. The molecule has 1 aliphatic carbocycles. The summed E-state index contributed by atoms with van der Waals surface area (Å²) in [6, 6.07) is 26.7. The number of hydrogen-bond acceptors (Lipinski definition) is 14. The average Bonchev–Trinajstić information content (AvgIpc) is 3.62. The van der Waals surface area contributed by atoms with E-state index in [0.29, 0.717) is 75.6 Å². The minimum absolute atomic E-state index is 0.0325. The number of amides is 3. The van der Waals surface area contributed by atoms with Gasteiger partial charge >= 0.3 is 5.51 Å². The van der Waals surface area contributed by atoms with Crippen LogP contribution >= 0.6 is 23.4 Å². The summed E-state index contributed by atoms with van der Waals surface area (Å²) < 4.78 is 115. The van der Waals surface area contributed by atoms with Crippen molar-refractivity contribution in [1.29, 1.82) is 0 Å². The number of piperidine rings is 1. The summed E-state index contributed by atoms with van der Waals surface area (Å²) >= 11 is 7.61. The van der Waals surface area contributed by atoms with Gasteiger partial charge in [-0.3, -0.25) is 34.5 Å². The molecule has 3 amide bonds. The molecule has 15 nitrogen and oxygen atoms in total. The zero-order chi connectivity index (χ0) is 57.7. The smallest absolute Gasteiger partial charge is 0.380 e. The summed E-state index contributed by atoms with van der Waals surface area (Å²) in [5.41, 5.74) is -0.665.